The molecule has 23 heteroatoms. The van der Waals surface area contributed by atoms with Gasteiger partial charge in [0.25, 0.3) is 5.56 Å². The van der Waals surface area contributed by atoms with Crippen LogP contribution in [0.5, 0.6) is 11.8 Å². The molecule has 9 N–H and O–H groups in total. The van der Waals surface area contributed by atoms with Crippen LogP contribution in [0.15, 0.2) is 83.0 Å². The Morgan fingerprint density at radius 1 is 0.977 bits per heavy atom. The zero-order chi connectivity index (χ0) is 59.8. The Labute approximate surface area is 499 Å². The van der Waals surface area contributed by atoms with E-state index in [0.717, 1.165) is 82.5 Å². The van der Waals surface area contributed by atoms with E-state index in [9.17, 15) is 24.6 Å². The molecule has 0 radical (unpaired) electrons. The van der Waals surface area contributed by atoms with Gasteiger partial charge < -0.3 is 60.9 Å². The molecular weight excluding hydrogens is 1110 g/mol. The Kier molecular flexibility index (Phi) is 15.0. The number of aliphatic hydroxyl groups excluding tert-OH is 2. The predicted octanol–water partition coefficient (Wildman–Crippen LogP) is 5.75. The van der Waals surface area contributed by atoms with Crippen molar-refractivity contribution in [3.63, 3.8) is 0 Å². The number of H-pyrrole nitrogens is 2. The molecule has 4 saturated heterocycles. The predicted molar refractivity (Wildman–Crippen MR) is 326 cm³/mol. The number of hydrogen-bond donors (Lipinski definition) is 8. The molecule has 0 spiro atoms. The highest BCUT2D eigenvalue weighted by Crippen LogP contribution is 2.54. The van der Waals surface area contributed by atoms with Crippen molar-refractivity contribution in [2.75, 3.05) is 57.4 Å². The number of nitrogens with one attached hydrogen (secondary N) is 5. The van der Waals surface area contributed by atoms with Crippen molar-refractivity contribution >= 4 is 67.0 Å². The summed E-state index contributed by atoms with van der Waals surface area (Å²) in [6, 6.07) is 12.9. The third-order valence-electron chi connectivity index (χ3n) is 18.3. The number of β-amino-alcohol motifs (C(OH)–C–C–N with tert-alkyl or cyclic N) is 1. The molecule has 87 heavy (non-hydrogen) atoms. The highest BCUT2D eigenvalue weighted by Gasteiger charge is 2.44. The van der Waals surface area contributed by atoms with Gasteiger partial charge in [-0.1, -0.05) is 44.2 Å². The van der Waals surface area contributed by atoms with Crippen LogP contribution in [-0.4, -0.2) is 150 Å². The minimum absolute atomic E-state index is 0.0162. The SMILES string of the molecule is Cc1c(F)cc2[nH]ncc2c1-c1c(C2CC2)cc2c(N3C[C@@H]4C[C@H]3CN4)nc(OC3CCOCC3)nc2c1OCc1ccc2c(c1)[nH]c(=O)c1nn([C@H](C(=O)N3C[C@H](O)C[C@H]3C(=O)N[C@@H](CO)c3ccc4c(c3)CNCCN=C4/C=C\N)C(C)C)cc12. The average molecular weight is 1180 g/mol. The van der Waals surface area contributed by atoms with Gasteiger partial charge in [-0.15, -0.1) is 0 Å². The van der Waals surface area contributed by atoms with Crippen molar-refractivity contribution in [1.29, 1.82) is 0 Å². The number of pyridine rings is 1. The zero-order valence-corrected chi connectivity index (χ0v) is 48.8. The van der Waals surface area contributed by atoms with Gasteiger partial charge in [0.1, 0.15) is 41.9 Å². The van der Waals surface area contributed by atoms with Crippen LogP contribution in [0.2, 0.25) is 0 Å². The number of carbonyl (C=O) groups is 2. The maximum atomic E-state index is 16.3. The van der Waals surface area contributed by atoms with Crippen LogP contribution in [0.1, 0.15) is 104 Å². The van der Waals surface area contributed by atoms with E-state index in [0.29, 0.717) is 101 Å². The third-order valence-corrected chi connectivity index (χ3v) is 18.3. The van der Waals surface area contributed by atoms with Gasteiger partial charge >= 0.3 is 6.01 Å². The summed E-state index contributed by atoms with van der Waals surface area (Å²) >= 11 is 0. The second kappa shape index (κ2) is 23.1. The van der Waals surface area contributed by atoms with E-state index >= 15 is 4.39 Å². The van der Waals surface area contributed by atoms with E-state index < -0.39 is 48.2 Å². The molecule has 0 unspecified atom stereocenters. The van der Waals surface area contributed by atoms with Crippen molar-refractivity contribution < 1.29 is 38.4 Å². The number of nitrogens with two attached hydrogens (primary N) is 1. The average Bonchev–Trinajstić information content (AvgIpc) is 1.93. The van der Waals surface area contributed by atoms with Crippen LogP contribution in [0.25, 0.3) is 54.7 Å². The highest BCUT2D eigenvalue weighted by molar-refractivity contribution is 6.10. The number of benzene rings is 4. The van der Waals surface area contributed by atoms with Gasteiger partial charge in [-0.3, -0.25) is 29.2 Å². The molecule has 5 aliphatic heterocycles. The number of carbonyl (C=O) groups excluding carboxylic acids is 2. The number of aliphatic imine (C=N–C) groups is 1. The Morgan fingerprint density at radius 3 is 2.60 bits per heavy atom. The molecule has 6 aliphatic rings. The molecule has 452 valence electrons. The van der Waals surface area contributed by atoms with Gasteiger partial charge in [-0.05, 0) is 96.3 Å². The van der Waals surface area contributed by atoms with Crippen LogP contribution in [-0.2, 0) is 27.5 Å². The molecule has 4 aromatic heterocycles. The summed E-state index contributed by atoms with van der Waals surface area (Å²) in [7, 11) is 0. The number of fused-ring (bicyclic) bond motifs is 8. The second-order valence-corrected chi connectivity index (χ2v) is 24.5. The molecule has 14 rings (SSSR count). The lowest BCUT2D eigenvalue weighted by Crippen LogP contribution is -2.50. The number of hydrogen-bond acceptors (Lipinski definition) is 17. The number of likely N-dealkylation sites (tertiary alicyclic amines) is 1. The quantitative estimate of drug-likeness (QED) is 0.0572. The van der Waals surface area contributed by atoms with Gasteiger partial charge in [0.05, 0.1) is 55.9 Å². The van der Waals surface area contributed by atoms with Crippen molar-refractivity contribution in [1.82, 2.24) is 55.8 Å². The first-order valence-electron chi connectivity index (χ1n) is 30.4. The lowest BCUT2D eigenvalue weighted by molar-refractivity contribution is -0.142. The zero-order valence-electron chi connectivity index (χ0n) is 48.8. The maximum absolute atomic E-state index is 16.3. The number of nitrogens with zero attached hydrogens (tertiary/aromatic N) is 8. The highest BCUT2D eigenvalue weighted by atomic mass is 19.1. The number of amides is 2. The number of anilines is 1. The van der Waals surface area contributed by atoms with E-state index in [4.69, 9.17) is 35.0 Å². The van der Waals surface area contributed by atoms with Gasteiger partial charge in [-0.2, -0.15) is 20.2 Å². The second-order valence-electron chi connectivity index (χ2n) is 24.5. The summed E-state index contributed by atoms with van der Waals surface area (Å²) in [5, 5.41) is 46.6. The van der Waals surface area contributed by atoms with Crippen molar-refractivity contribution in [2.24, 2.45) is 16.6 Å². The van der Waals surface area contributed by atoms with Crippen molar-refractivity contribution in [2.45, 2.75) is 121 Å². The number of piperazine rings is 1. The maximum Gasteiger partial charge on any atom is 0.319 e. The van der Waals surface area contributed by atoms with E-state index in [1.165, 1.54) is 21.8 Å². The van der Waals surface area contributed by atoms with Gasteiger partial charge in [0.15, 0.2) is 11.3 Å². The molecule has 5 fully saturated rings. The topological polar surface area (TPSA) is 288 Å². The lowest BCUT2D eigenvalue weighted by atomic mass is 9.88. The van der Waals surface area contributed by atoms with Crippen molar-refractivity contribution in [3.8, 4) is 22.9 Å². The van der Waals surface area contributed by atoms with Crippen LogP contribution in [0, 0.1) is 18.7 Å². The molecule has 2 amide bonds. The smallest absolute Gasteiger partial charge is 0.319 e. The van der Waals surface area contributed by atoms with Gasteiger partial charge in [0.2, 0.25) is 11.8 Å². The van der Waals surface area contributed by atoms with Crippen LogP contribution in [0.4, 0.5) is 10.2 Å². The van der Waals surface area contributed by atoms with Crippen LogP contribution < -0.4 is 41.6 Å². The minimum Gasteiger partial charge on any atom is -0.486 e. The standard InChI is InChI=1S/C64H71FN14O8/c1-32(2)58(63(84)78-28-40(81)21-53(78)61(82)72-52(30-80)36-7-9-42-37(19-36)24-67-14-15-68-49(42)10-13-66)79-29-47-43-8-4-34(18-50(43)71-62(83)57(47)76-79)31-86-59-55(54-33(3)48(65)23-51-46(54)26-70-75-51)44(35-5-6-35)22-45-56(59)73-64(87-41-11-16-85-17-12-41)74-60(45)77-27-38-20-39(77)25-69-38/h4,7-10,13,18-19,22-23,26,29,32,35,38-41,52-53,58,67,69,80-81H,5-6,11-12,14-17,20-21,24-25,27-28,30-31,66H2,1-3H3,(H,70,75)(H,71,83)(H,72,82)/b13-10-,68-49?/t38-,39-,40+,52-,53-,58-/m0/s1. The van der Waals surface area contributed by atoms with E-state index in [1.54, 1.807) is 25.4 Å². The fourth-order valence-electron chi connectivity index (χ4n) is 13.8. The third kappa shape index (κ3) is 10.5. The molecule has 6 atom stereocenters. The number of aromatic nitrogens is 7. The van der Waals surface area contributed by atoms with E-state index in [1.807, 2.05) is 50.2 Å². The fraction of sp³-hybridized carbons (Fsp3) is 0.438. The first kappa shape index (κ1) is 56.5. The normalized spacial score (nSPS) is 21.5. The van der Waals surface area contributed by atoms with Crippen LogP contribution >= 0.6 is 0 Å². The molecular formula is C64H71FN14O8. The monoisotopic (exact) mass is 1180 g/mol. The largest absolute Gasteiger partial charge is 0.486 e. The lowest BCUT2D eigenvalue weighted by Gasteiger charge is -2.31. The number of halogens is 1. The Hall–Kier alpha value is -8.35. The Bertz CT molecular complexity index is 4150. The summed E-state index contributed by atoms with van der Waals surface area (Å²) in [5.41, 5.74) is 13.8. The van der Waals surface area contributed by atoms with E-state index in [-0.39, 0.29) is 60.9 Å². The number of aromatic amines is 2. The molecule has 4 aromatic carbocycles. The van der Waals surface area contributed by atoms with Gasteiger partial charge in [-0.25, -0.2) is 4.39 Å². The first-order chi connectivity index (χ1) is 42.3. The number of aliphatic hydroxyl groups is 2. The summed E-state index contributed by atoms with van der Waals surface area (Å²) in [6.07, 6.45) is 9.75. The minimum atomic E-state index is -1.06. The number of rotatable bonds is 16. The molecule has 2 bridgehead atoms. The first-order valence-corrected chi connectivity index (χ1v) is 30.4. The van der Waals surface area contributed by atoms with E-state index in [2.05, 4.69) is 47.1 Å². The summed E-state index contributed by atoms with van der Waals surface area (Å²) in [5.74, 6) is -0.318. The summed E-state index contributed by atoms with van der Waals surface area (Å²) in [6.45, 7) is 9.55. The molecule has 1 aliphatic carbocycles. The van der Waals surface area contributed by atoms with Crippen LogP contribution in [0.3, 0.4) is 0 Å². The van der Waals surface area contributed by atoms with Crippen molar-refractivity contribution in [3.05, 3.63) is 123 Å². The molecule has 22 nitrogen and oxygen atoms in total. The summed E-state index contributed by atoms with van der Waals surface area (Å²) in [4.78, 5) is 65.4. The Balaban J connectivity index is 0.791. The molecule has 9 heterocycles. The molecule has 8 aromatic rings. The summed E-state index contributed by atoms with van der Waals surface area (Å²) < 4.78 is 37.3. The fourth-order valence-corrected chi connectivity index (χ4v) is 13.8. The number of ether oxygens (including phenoxy) is 3. The molecule has 1 saturated carbocycles. The number of allylic oxidation sites excluding steroid dienone is 1. The van der Waals surface area contributed by atoms with Gasteiger partial charge in [0, 0.05) is 114 Å². The Morgan fingerprint density at radius 2 is 1.83 bits per heavy atom.